The minimum atomic E-state index is -0.426. The molecule has 0 aliphatic carbocycles. The second-order valence-electron chi connectivity index (χ2n) is 5.94. The first kappa shape index (κ1) is 18.7. The van der Waals surface area contributed by atoms with Gasteiger partial charge in [0.15, 0.2) is 0 Å². The van der Waals surface area contributed by atoms with Crippen molar-refractivity contribution in [1.82, 2.24) is 0 Å². The van der Waals surface area contributed by atoms with Crippen molar-refractivity contribution in [1.29, 1.82) is 0 Å². The molecule has 0 bridgehead atoms. The summed E-state index contributed by atoms with van der Waals surface area (Å²) in [6.07, 6.45) is 3.94. The van der Waals surface area contributed by atoms with Gasteiger partial charge in [-0.1, -0.05) is 36.4 Å². The van der Waals surface area contributed by atoms with Gasteiger partial charge in [0.05, 0.1) is 6.61 Å². The molecule has 0 fully saturated rings. The van der Waals surface area contributed by atoms with Crippen LogP contribution in [0.2, 0.25) is 0 Å². The first-order chi connectivity index (χ1) is 13.2. The van der Waals surface area contributed by atoms with Crippen molar-refractivity contribution in [2.45, 2.75) is 6.92 Å². The zero-order chi connectivity index (χ0) is 19.1. The zero-order valence-electron chi connectivity index (χ0n) is 15.4. The third-order valence-electron chi connectivity index (χ3n) is 4.02. The average Bonchev–Trinajstić information content (AvgIpc) is 3.01. The highest BCUT2D eigenvalue weighted by Gasteiger charge is 2.20. The summed E-state index contributed by atoms with van der Waals surface area (Å²) >= 11 is 0. The van der Waals surface area contributed by atoms with E-state index in [2.05, 4.69) is 0 Å². The van der Waals surface area contributed by atoms with Gasteiger partial charge in [0.2, 0.25) is 0 Å². The van der Waals surface area contributed by atoms with E-state index in [0.29, 0.717) is 41.3 Å². The van der Waals surface area contributed by atoms with Crippen molar-refractivity contribution >= 4 is 23.0 Å². The number of rotatable bonds is 8. The van der Waals surface area contributed by atoms with Gasteiger partial charge in [0.25, 0.3) is 0 Å². The molecule has 0 spiro atoms. The Balaban J connectivity index is 1.71. The number of methoxy groups -OCH3 is 1. The molecular weight excluding hydrogens is 344 g/mol. The van der Waals surface area contributed by atoms with Crippen molar-refractivity contribution in [3.8, 4) is 5.75 Å². The van der Waals surface area contributed by atoms with E-state index in [0.717, 1.165) is 5.56 Å². The lowest BCUT2D eigenvalue weighted by Crippen LogP contribution is -2.10. The Kier molecular flexibility index (Phi) is 6.28. The third kappa shape index (κ3) is 4.77. The van der Waals surface area contributed by atoms with E-state index in [9.17, 15) is 4.79 Å². The molecule has 5 heteroatoms. The molecule has 1 heterocycles. The van der Waals surface area contributed by atoms with Gasteiger partial charge in [-0.3, -0.25) is 0 Å². The number of carbonyl (C=O) groups excluding carboxylic acids is 1. The molecule has 0 saturated heterocycles. The van der Waals surface area contributed by atoms with Gasteiger partial charge >= 0.3 is 5.97 Å². The number of hydrogen-bond donors (Lipinski definition) is 0. The Morgan fingerprint density at radius 3 is 2.70 bits per heavy atom. The number of furan rings is 1. The van der Waals surface area contributed by atoms with Crippen molar-refractivity contribution in [3.63, 3.8) is 0 Å². The van der Waals surface area contributed by atoms with Crippen LogP contribution in [0.5, 0.6) is 5.75 Å². The van der Waals surface area contributed by atoms with Crippen molar-refractivity contribution < 1.29 is 23.4 Å². The van der Waals surface area contributed by atoms with E-state index in [4.69, 9.17) is 18.6 Å². The highest BCUT2D eigenvalue weighted by molar-refractivity contribution is 6.04. The fourth-order valence-electron chi connectivity index (χ4n) is 2.73. The summed E-state index contributed by atoms with van der Waals surface area (Å²) in [7, 11) is 1.56. The van der Waals surface area contributed by atoms with Crippen LogP contribution in [0.3, 0.4) is 0 Å². The van der Waals surface area contributed by atoms with Crippen LogP contribution in [0.4, 0.5) is 0 Å². The maximum absolute atomic E-state index is 12.4. The maximum Gasteiger partial charge on any atom is 0.342 e. The maximum atomic E-state index is 12.4. The van der Waals surface area contributed by atoms with Crippen LogP contribution < -0.4 is 4.74 Å². The molecule has 140 valence electrons. The van der Waals surface area contributed by atoms with Crippen LogP contribution in [-0.4, -0.2) is 32.9 Å². The topological polar surface area (TPSA) is 57.9 Å². The first-order valence-electron chi connectivity index (χ1n) is 8.72. The first-order valence-corrected chi connectivity index (χ1v) is 8.72. The van der Waals surface area contributed by atoms with Crippen LogP contribution in [0.1, 0.15) is 21.7 Å². The highest BCUT2D eigenvalue weighted by Crippen LogP contribution is 2.29. The monoisotopic (exact) mass is 366 g/mol. The lowest BCUT2D eigenvalue weighted by atomic mass is 10.1. The quantitative estimate of drug-likeness (QED) is 0.429. The van der Waals surface area contributed by atoms with Gasteiger partial charge in [-0.05, 0) is 36.8 Å². The second-order valence-corrected chi connectivity index (χ2v) is 5.94. The van der Waals surface area contributed by atoms with Crippen LogP contribution >= 0.6 is 0 Å². The molecule has 0 unspecified atom stereocenters. The van der Waals surface area contributed by atoms with Crippen LogP contribution in [0.15, 0.2) is 59.0 Å². The Morgan fingerprint density at radius 1 is 1.11 bits per heavy atom. The number of benzene rings is 2. The predicted octanol–water partition coefficient (Wildman–Crippen LogP) is 4.64. The Hall–Kier alpha value is -3.05. The largest absolute Gasteiger partial charge is 0.490 e. The number of hydrogen-bond acceptors (Lipinski definition) is 5. The molecule has 0 aliphatic rings. The molecule has 27 heavy (non-hydrogen) atoms. The summed E-state index contributed by atoms with van der Waals surface area (Å²) in [6, 6.07) is 15.4. The number of carbonyl (C=O) groups is 1. The second kappa shape index (κ2) is 9.05. The molecule has 1 aromatic heterocycles. The van der Waals surface area contributed by atoms with Gasteiger partial charge in [0.1, 0.15) is 35.9 Å². The van der Waals surface area contributed by atoms with Crippen molar-refractivity contribution in [2.75, 3.05) is 26.9 Å². The van der Waals surface area contributed by atoms with Crippen LogP contribution in [-0.2, 0) is 9.47 Å². The molecule has 3 rings (SSSR count). The molecule has 2 aromatic carbocycles. The van der Waals surface area contributed by atoms with E-state index in [1.54, 1.807) is 26.2 Å². The van der Waals surface area contributed by atoms with Gasteiger partial charge in [-0.25, -0.2) is 4.79 Å². The van der Waals surface area contributed by atoms with Crippen LogP contribution in [0, 0.1) is 6.92 Å². The third-order valence-corrected chi connectivity index (χ3v) is 4.02. The predicted molar refractivity (Wildman–Crippen MR) is 104 cm³/mol. The van der Waals surface area contributed by atoms with E-state index in [1.807, 2.05) is 48.6 Å². The number of ether oxygens (including phenoxy) is 3. The van der Waals surface area contributed by atoms with E-state index in [-0.39, 0.29) is 6.61 Å². The van der Waals surface area contributed by atoms with Gasteiger partial charge in [-0.2, -0.15) is 0 Å². The summed E-state index contributed by atoms with van der Waals surface area (Å²) in [6.45, 7) is 2.71. The Labute approximate surface area is 158 Å². The van der Waals surface area contributed by atoms with E-state index < -0.39 is 5.97 Å². The molecular formula is C22H22O5. The molecule has 0 saturated carbocycles. The van der Waals surface area contributed by atoms with Crippen LogP contribution in [0.25, 0.3) is 17.0 Å². The SMILES string of the molecule is COCCOC(=O)c1c(C)oc2ccc(OCC=Cc3ccccc3)cc12. The standard InChI is InChI=1S/C22H22O5/c1-16-21(22(23)26-14-13-24-2)19-15-18(10-11-20(19)27-16)25-12-6-9-17-7-4-3-5-8-17/h3-11,15H,12-14H2,1-2H3. The molecule has 0 N–H and O–H groups in total. The Morgan fingerprint density at radius 2 is 1.93 bits per heavy atom. The Bertz CT molecular complexity index is 925. The van der Waals surface area contributed by atoms with Crippen molar-refractivity contribution in [3.05, 3.63) is 71.5 Å². The number of fused-ring (bicyclic) bond motifs is 1. The minimum Gasteiger partial charge on any atom is -0.490 e. The number of aryl methyl sites for hydroxylation is 1. The summed E-state index contributed by atoms with van der Waals surface area (Å²) in [5.74, 6) is 0.755. The minimum absolute atomic E-state index is 0.196. The highest BCUT2D eigenvalue weighted by atomic mass is 16.6. The summed E-state index contributed by atoms with van der Waals surface area (Å²) in [5, 5.41) is 0.680. The van der Waals surface area contributed by atoms with Crippen molar-refractivity contribution in [2.24, 2.45) is 0 Å². The normalized spacial score (nSPS) is 11.2. The van der Waals surface area contributed by atoms with E-state index >= 15 is 0 Å². The fourth-order valence-corrected chi connectivity index (χ4v) is 2.73. The van der Waals surface area contributed by atoms with Gasteiger partial charge < -0.3 is 18.6 Å². The fraction of sp³-hybridized carbons (Fsp3) is 0.227. The smallest absolute Gasteiger partial charge is 0.342 e. The molecule has 3 aromatic rings. The average molecular weight is 366 g/mol. The molecule has 5 nitrogen and oxygen atoms in total. The summed E-state index contributed by atoms with van der Waals surface area (Å²) in [5.41, 5.74) is 2.16. The lowest BCUT2D eigenvalue weighted by Gasteiger charge is -2.05. The summed E-state index contributed by atoms with van der Waals surface area (Å²) < 4.78 is 21.6. The molecule has 0 aliphatic heterocycles. The zero-order valence-corrected chi connectivity index (χ0v) is 15.4. The van der Waals surface area contributed by atoms with Gasteiger partial charge in [-0.15, -0.1) is 0 Å². The van der Waals surface area contributed by atoms with E-state index in [1.165, 1.54) is 0 Å². The number of esters is 1. The molecule has 0 atom stereocenters. The lowest BCUT2D eigenvalue weighted by molar-refractivity contribution is 0.0388. The molecule has 0 radical (unpaired) electrons. The molecule has 0 amide bonds. The van der Waals surface area contributed by atoms with Gasteiger partial charge in [0, 0.05) is 12.5 Å². The summed E-state index contributed by atoms with van der Waals surface area (Å²) in [4.78, 5) is 12.4.